The molecule has 0 amide bonds. The van der Waals surface area contributed by atoms with E-state index >= 15 is 0 Å². The van der Waals surface area contributed by atoms with Crippen molar-refractivity contribution in [3.63, 3.8) is 0 Å². The first-order chi connectivity index (χ1) is 7.69. The molecule has 4 heteroatoms. The summed E-state index contributed by atoms with van der Waals surface area (Å²) in [6.07, 6.45) is 4.98. The summed E-state index contributed by atoms with van der Waals surface area (Å²) in [5.41, 5.74) is 0.362. The lowest BCUT2D eigenvalue weighted by atomic mass is 9.61. The summed E-state index contributed by atoms with van der Waals surface area (Å²) in [4.78, 5) is 2.56. The number of hydrogen-bond acceptors (Lipinski definition) is 3. The molecule has 0 aromatic carbocycles. The molecule has 0 aromatic heterocycles. The predicted octanol–water partition coefficient (Wildman–Crippen LogP) is 1.02. The van der Waals surface area contributed by atoms with Gasteiger partial charge in [-0.1, -0.05) is 0 Å². The van der Waals surface area contributed by atoms with Crippen molar-refractivity contribution in [3.05, 3.63) is 0 Å². The third-order valence-electron chi connectivity index (χ3n) is 4.81. The zero-order valence-corrected chi connectivity index (χ0v) is 10.1. The van der Waals surface area contributed by atoms with E-state index in [-0.39, 0.29) is 0 Å². The summed E-state index contributed by atoms with van der Waals surface area (Å²) in [6.45, 7) is 3.68. The van der Waals surface area contributed by atoms with Crippen molar-refractivity contribution in [2.45, 2.75) is 37.8 Å². The fraction of sp³-hybridized carbons (Fsp3) is 1.00. The first-order valence-electron chi connectivity index (χ1n) is 6.52. The van der Waals surface area contributed by atoms with Crippen LogP contribution in [-0.2, 0) is 0 Å². The van der Waals surface area contributed by atoms with Crippen molar-refractivity contribution in [1.82, 2.24) is 15.3 Å². The summed E-state index contributed by atoms with van der Waals surface area (Å²) in [5, 5.41) is 4.37. The normalized spacial score (nSPS) is 31.7. The molecule has 1 aliphatic carbocycles. The second-order valence-corrected chi connectivity index (χ2v) is 5.99. The molecule has 3 fully saturated rings. The van der Waals surface area contributed by atoms with E-state index in [0.29, 0.717) is 18.5 Å². The van der Waals surface area contributed by atoms with E-state index in [2.05, 4.69) is 17.3 Å². The van der Waals surface area contributed by atoms with Gasteiger partial charge in [-0.2, -0.15) is 0 Å². The molecule has 1 N–H and O–H groups in total. The highest BCUT2D eigenvalue weighted by Gasteiger charge is 2.54. The lowest BCUT2D eigenvalue weighted by Gasteiger charge is -2.59. The summed E-state index contributed by atoms with van der Waals surface area (Å²) in [5.74, 6) is 0. The number of rotatable bonds is 2. The van der Waals surface area contributed by atoms with Crippen LogP contribution in [0.2, 0.25) is 0 Å². The van der Waals surface area contributed by atoms with Crippen molar-refractivity contribution in [1.29, 1.82) is 0 Å². The van der Waals surface area contributed by atoms with Crippen LogP contribution in [0.1, 0.15) is 25.7 Å². The molecule has 0 radical (unpaired) electrons. The van der Waals surface area contributed by atoms with Gasteiger partial charge < -0.3 is 10.2 Å². The molecule has 2 saturated heterocycles. The Hall–Kier alpha value is -0.190. The smallest absolute Gasteiger partial charge is 0.0361 e. The number of hydrogen-bond donors (Lipinski definition) is 1. The molecule has 0 bridgehead atoms. The van der Waals surface area contributed by atoms with Crippen molar-refractivity contribution in [2.24, 2.45) is 5.41 Å². The van der Waals surface area contributed by atoms with Gasteiger partial charge in [0.25, 0.3) is 0 Å². The molecule has 0 unspecified atom stereocenters. The van der Waals surface area contributed by atoms with Crippen LogP contribution in [0.4, 0.5) is 4.48 Å². The van der Waals surface area contributed by atoms with Gasteiger partial charge in [0.05, 0.1) is 0 Å². The van der Waals surface area contributed by atoms with Gasteiger partial charge in [0.1, 0.15) is 0 Å². The molecule has 2 heterocycles. The third kappa shape index (κ3) is 1.77. The van der Waals surface area contributed by atoms with Crippen LogP contribution < -0.4 is 5.32 Å². The predicted molar refractivity (Wildman–Crippen MR) is 61.8 cm³/mol. The third-order valence-corrected chi connectivity index (χ3v) is 4.81. The summed E-state index contributed by atoms with van der Waals surface area (Å²) < 4.78 is 12.7. The molecule has 3 aliphatic rings. The van der Waals surface area contributed by atoms with Gasteiger partial charge in [0, 0.05) is 30.6 Å². The van der Waals surface area contributed by atoms with Crippen molar-refractivity contribution in [2.75, 3.05) is 33.2 Å². The second-order valence-electron chi connectivity index (χ2n) is 5.99. The zero-order valence-electron chi connectivity index (χ0n) is 10.1. The molecule has 16 heavy (non-hydrogen) atoms. The molecular weight excluding hydrogens is 205 g/mol. The second kappa shape index (κ2) is 3.93. The molecule has 1 spiro atoms. The Kier molecular flexibility index (Phi) is 2.68. The fourth-order valence-electron chi connectivity index (χ4n) is 3.68. The number of halogens is 1. The standard InChI is InChI=1S/C12H22FN3/c1-15(10-2-4-14-5-3-10)11-6-12(7-11)8-16(13)9-12/h10-11,14H,2-9H2,1H3. The minimum atomic E-state index is 0.362. The van der Waals surface area contributed by atoms with Crippen molar-refractivity contribution < 1.29 is 4.48 Å². The quantitative estimate of drug-likeness (QED) is 0.711. The highest BCUT2D eigenvalue weighted by atomic mass is 19.2. The summed E-state index contributed by atoms with van der Waals surface area (Å²) >= 11 is 0. The largest absolute Gasteiger partial charge is 0.317 e. The average Bonchev–Trinajstić information content (AvgIpc) is 2.22. The summed E-state index contributed by atoms with van der Waals surface area (Å²) in [6, 6.07) is 1.47. The number of piperidine rings is 1. The maximum atomic E-state index is 12.7. The van der Waals surface area contributed by atoms with Gasteiger partial charge in [-0.3, -0.25) is 0 Å². The fourth-order valence-corrected chi connectivity index (χ4v) is 3.68. The first kappa shape index (κ1) is 10.9. The zero-order chi connectivity index (χ0) is 11.2. The Morgan fingerprint density at radius 2 is 1.81 bits per heavy atom. The van der Waals surface area contributed by atoms with E-state index in [1.54, 1.807) is 0 Å². The van der Waals surface area contributed by atoms with E-state index in [4.69, 9.17) is 0 Å². The topological polar surface area (TPSA) is 18.5 Å². The molecular formula is C12H22FN3. The SMILES string of the molecule is CN(C1CCNCC1)C1CC2(C1)CN(F)C2. The molecule has 0 atom stereocenters. The van der Waals surface area contributed by atoms with Gasteiger partial charge >= 0.3 is 0 Å². The van der Waals surface area contributed by atoms with Crippen LogP contribution in [0.5, 0.6) is 0 Å². The van der Waals surface area contributed by atoms with E-state index < -0.39 is 0 Å². The Morgan fingerprint density at radius 3 is 2.38 bits per heavy atom. The number of nitrogens with zero attached hydrogens (tertiary/aromatic N) is 2. The highest BCUT2D eigenvalue weighted by Crippen LogP contribution is 2.50. The van der Waals surface area contributed by atoms with Gasteiger partial charge in [0.2, 0.25) is 0 Å². The van der Waals surface area contributed by atoms with E-state index in [1.165, 1.54) is 25.7 Å². The van der Waals surface area contributed by atoms with E-state index in [0.717, 1.165) is 30.3 Å². The first-order valence-corrected chi connectivity index (χ1v) is 6.52. The van der Waals surface area contributed by atoms with Gasteiger partial charge in [-0.05, 0) is 45.8 Å². The highest BCUT2D eigenvalue weighted by molar-refractivity contribution is 5.06. The van der Waals surface area contributed by atoms with Gasteiger partial charge in [-0.25, -0.2) is 0 Å². The van der Waals surface area contributed by atoms with Crippen molar-refractivity contribution in [3.8, 4) is 0 Å². The van der Waals surface area contributed by atoms with Crippen molar-refractivity contribution >= 4 is 0 Å². The van der Waals surface area contributed by atoms with Crippen LogP contribution in [-0.4, -0.2) is 55.3 Å². The van der Waals surface area contributed by atoms with Crippen LogP contribution in [0, 0.1) is 5.41 Å². The lowest BCUT2D eigenvalue weighted by Crippen LogP contribution is -2.65. The Balaban J connectivity index is 1.48. The molecule has 0 aromatic rings. The van der Waals surface area contributed by atoms with E-state index in [1.807, 2.05) is 0 Å². The van der Waals surface area contributed by atoms with Gasteiger partial charge in [0.15, 0.2) is 0 Å². The summed E-state index contributed by atoms with van der Waals surface area (Å²) in [7, 11) is 2.26. The maximum absolute atomic E-state index is 12.7. The molecule has 3 nitrogen and oxygen atoms in total. The molecule has 1 saturated carbocycles. The van der Waals surface area contributed by atoms with Gasteiger partial charge in [-0.15, -0.1) is 9.60 Å². The Morgan fingerprint density at radius 1 is 1.19 bits per heavy atom. The minimum Gasteiger partial charge on any atom is -0.317 e. The van der Waals surface area contributed by atoms with Crippen LogP contribution in [0.25, 0.3) is 0 Å². The average molecular weight is 227 g/mol. The Labute approximate surface area is 96.9 Å². The maximum Gasteiger partial charge on any atom is 0.0361 e. The lowest BCUT2D eigenvalue weighted by molar-refractivity contribution is -0.190. The number of nitrogens with one attached hydrogen (secondary N) is 1. The van der Waals surface area contributed by atoms with E-state index in [9.17, 15) is 4.48 Å². The molecule has 3 rings (SSSR count). The molecule has 92 valence electrons. The monoisotopic (exact) mass is 227 g/mol. The molecule has 2 aliphatic heterocycles. The van der Waals surface area contributed by atoms with Crippen LogP contribution in [0.3, 0.4) is 0 Å². The Bertz CT molecular complexity index is 251. The van der Waals surface area contributed by atoms with Crippen LogP contribution in [0.15, 0.2) is 0 Å². The minimum absolute atomic E-state index is 0.362. The van der Waals surface area contributed by atoms with Crippen LogP contribution >= 0.6 is 0 Å².